The molecule has 6 nitrogen and oxygen atoms in total. The number of hydrogen-bond acceptors (Lipinski definition) is 6. The van der Waals surface area contributed by atoms with E-state index in [1.807, 2.05) is 0 Å². The quantitative estimate of drug-likeness (QED) is 0.660. The first-order valence-electron chi connectivity index (χ1n) is 7.95. The minimum absolute atomic E-state index is 0.00380. The van der Waals surface area contributed by atoms with Crippen LogP contribution in [0.3, 0.4) is 0 Å². The lowest BCUT2D eigenvalue weighted by Gasteiger charge is -2.12. The molecule has 0 radical (unpaired) electrons. The number of hydrogen-bond donors (Lipinski definition) is 2. The maximum absolute atomic E-state index is 12.7. The maximum Gasteiger partial charge on any atom is 0.416 e. The Morgan fingerprint density at radius 3 is 2.29 bits per heavy atom. The van der Waals surface area contributed by atoms with E-state index in [9.17, 15) is 18.3 Å². The molecule has 0 unspecified atom stereocenters. The molecule has 1 aromatic heterocycles. The van der Waals surface area contributed by atoms with Crippen molar-refractivity contribution >= 4 is 11.6 Å². The fraction of sp³-hybridized carbons (Fsp3) is 0.167. The van der Waals surface area contributed by atoms with Gasteiger partial charge in [-0.2, -0.15) is 23.1 Å². The monoisotopic (exact) mass is 411 g/mol. The molecule has 0 amide bonds. The van der Waals surface area contributed by atoms with E-state index < -0.39 is 17.8 Å². The molecule has 2 N–H and O–H groups in total. The van der Waals surface area contributed by atoms with E-state index in [2.05, 4.69) is 15.0 Å². The molecule has 3 aromatic rings. The van der Waals surface area contributed by atoms with Crippen LogP contribution in [-0.4, -0.2) is 38.4 Å². The van der Waals surface area contributed by atoms with Gasteiger partial charge in [-0.3, -0.25) is 0 Å². The van der Waals surface area contributed by atoms with E-state index >= 15 is 0 Å². The number of alkyl halides is 3. The lowest BCUT2D eigenvalue weighted by molar-refractivity contribution is -0.137. The third-order valence-corrected chi connectivity index (χ3v) is 3.96. The Hall–Kier alpha value is -2.91. The molecule has 0 saturated heterocycles. The molecule has 0 fully saturated rings. The third-order valence-electron chi connectivity index (χ3n) is 3.64. The summed E-state index contributed by atoms with van der Waals surface area (Å²) in [5.41, 5.74) is -0.319. The molecule has 2 aromatic carbocycles. The number of aromatic nitrogens is 3. The van der Waals surface area contributed by atoms with E-state index in [4.69, 9.17) is 21.4 Å². The van der Waals surface area contributed by atoms with Crippen LogP contribution in [0.4, 0.5) is 13.2 Å². The van der Waals surface area contributed by atoms with Gasteiger partial charge in [-0.1, -0.05) is 29.8 Å². The molecule has 0 saturated carbocycles. The number of aliphatic hydroxyl groups is 1. The third kappa shape index (κ3) is 4.32. The second kappa shape index (κ2) is 7.99. The van der Waals surface area contributed by atoms with Gasteiger partial charge in [0.05, 0.1) is 22.8 Å². The first-order valence-corrected chi connectivity index (χ1v) is 8.32. The van der Waals surface area contributed by atoms with Gasteiger partial charge in [0, 0.05) is 5.56 Å². The van der Waals surface area contributed by atoms with Crippen molar-refractivity contribution in [2.45, 2.75) is 6.18 Å². The van der Waals surface area contributed by atoms with Crippen molar-refractivity contribution in [3.05, 3.63) is 53.1 Å². The van der Waals surface area contributed by atoms with E-state index in [-0.39, 0.29) is 46.8 Å². The highest BCUT2D eigenvalue weighted by Crippen LogP contribution is 2.36. The molecule has 1 heterocycles. The van der Waals surface area contributed by atoms with Gasteiger partial charge < -0.3 is 14.9 Å². The van der Waals surface area contributed by atoms with Gasteiger partial charge in [-0.05, 0) is 24.3 Å². The summed E-state index contributed by atoms with van der Waals surface area (Å²) >= 11 is 6.21. The molecule has 28 heavy (non-hydrogen) atoms. The number of benzene rings is 2. The van der Waals surface area contributed by atoms with Gasteiger partial charge in [0.2, 0.25) is 0 Å². The van der Waals surface area contributed by atoms with Gasteiger partial charge in [0.25, 0.3) is 0 Å². The molecule has 0 aliphatic rings. The Bertz CT molecular complexity index is 982. The summed E-state index contributed by atoms with van der Waals surface area (Å²) < 4.78 is 43.6. The highest BCUT2D eigenvalue weighted by Gasteiger charge is 2.30. The van der Waals surface area contributed by atoms with Gasteiger partial charge in [-0.25, -0.2) is 4.98 Å². The molecule has 0 aliphatic heterocycles. The summed E-state index contributed by atoms with van der Waals surface area (Å²) in [6.07, 6.45) is -4.47. The molecular weight excluding hydrogens is 399 g/mol. The molecule has 3 rings (SSSR count). The van der Waals surface area contributed by atoms with Crippen molar-refractivity contribution < 1.29 is 28.1 Å². The summed E-state index contributed by atoms with van der Waals surface area (Å²) in [5.74, 6) is 0.204. The predicted molar refractivity (Wildman–Crippen MR) is 95.0 cm³/mol. The minimum atomic E-state index is -4.47. The topological polar surface area (TPSA) is 88.4 Å². The van der Waals surface area contributed by atoms with Crippen LogP contribution in [0.15, 0.2) is 42.5 Å². The van der Waals surface area contributed by atoms with Crippen LogP contribution in [0.25, 0.3) is 22.8 Å². The summed E-state index contributed by atoms with van der Waals surface area (Å²) in [6, 6.07) is 8.29. The van der Waals surface area contributed by atoms with Crippen molar-refractivity contribution in [3.8, 4) is 34.5 Å². The molecular formula is C18H13ClF3N3O3. The van der Waals surface area contributed by atoms with Crippen molar-refractivity contribution in [2.75, 3.05) is 13.2 Å². The van der Waals surface area contributed by atoms with Gasteiger partial charge in [-0.15, -0.1) is 0 Å². The molecule has 10 heteroatoms. The second-order valence-electron chi connectivity index (χ2n) is 5.54. The zero-order valence-electron chi connectivity index (χ0n) is 14.1. The fourth-order valence-electron chi connectivity index (χ4n) is 2.41. The SMILES string of the molecule is OCCOc1cccc(Cl)c1-c1nc(O)nc(-c2ccc(C(F)(F)F)cc2)n1. The van der Waals surface area contributed by atoms with Crippen LogP contribution < -0.4 is 4.74 Å². The number of nitrogens with zero attached hydrogens (tertiary/aromatic N) is 3. The van der Waals surface area contributed by atoms with Crippen LogP contribution in [0.1, 0.15) is 5.56 Å². The first-order chi connectivity index (χ1) is 13.3. The molecule has 0 atom stereocenters. The Kier molecular flexibility index (Phi) is 5.66. The van der Waals surface area contributed by atoms with E-state index in [1.165, 1.54) is 12.1 Å². The number of ether oxygens (including phenoxy) is 1. The minimum Gasteiger partial charge on any atom is -0.490 e. The van der Waals surface area contributed by atoms with E-state index in [1.54, 1.807) is 18.2 Å². The highest BCUT2D eigenvalue weighted by atomic mass is 35.5. The van der Waals surface area contributed by atoms with Crippen LogP contribution in [0, 0.1) is 0 Å². The Balaban J connectivity index is 2.06. The molecule has 0 aliphatic carbocycles. The normalized spacial score (nSPS) is 11.5. The highest BCUT2D eigenvalue weighted by molar-refractivity contribution is 6.33. The van der Waals surface area contributed by atoms with Gasteiger partial charge in [0.1, 0.15) is 12.4 Å². The van der Waals surface area contributed by atoms with E-state index in [0.717, 1.165) is 12.1 Å². The maximum atomic E-state index is 12.7. The first kappa shape index (κ1) is 19.8. The van der Waals surface area contributed by atoms with Crippen LogP contribution >= 0.6 is 11.6 Å². The lowest BCUT2D eigenvalue weighted by Crippen LogP contribution is -2.05. The summed E-state index contributed by atoms with van der Waals surface area (Å²) in [4.78, 5) is 11.8. The molecule has 0 spiro atoms. The van der Waals surface area contributed by atoms with Crippen LogP contribution in [0.2, 0.25) is 5.02 Å². The predicted octanol–water partition coefficient (Wildman–Crippen LogP) is 3.95. The zero-order chi connectivity index (χ0) is 20.3. The lowest BCUT2D eigenvalue weighted by atomic mass is 10.1. The average Bonchev–Trinajstić information content (AvgIpc) is 2.65. The van der Waals surface area contributed by atoms with Crippen molar-refractivity contribution in [1.82, 2.24) is 15.0 Å². The fourth-order valence-corrected chi connectivity index (χ4v) is 2.66. The number of rotatable bonds is 5. The standard InChI is InChI=1S/C18H13ClF3N3O3/c19-12-2-1-3-13(28-9-8-26)14(12)16-23-15(24-17(27)25-16)10-4-6-11(7-5-10)18(20,21)22/h1-7,26H,8-9H2,(H,23,24,25,27). The molecule has 0 bridgehead atoms. The number of aliphatic hydroxyl groups excluding tert-OH is 1. The Morgan fingerprint density at radius 2 is 1.64 bits per heavy atom. The van der Waals surface area contributed by atoms with Crippen molar-refractivity contribution in [3.63, 3.8) is 0 Å². The van der Waals surface area contributed by atoms with E-state index in [0.29, 0.717) is 0 Å². The largest absolute Gasteiger partial charge is 0.490 e. The van der Waals surface area contributed by atoms with Gasteiger partial charge in [0.15, 0.2) is 11.6 Å². The Morgan fingerprint density at radius 1 is 0.964 bits per heavy atom. The van der Waals surface area contributed by atoms with Crippen molar-refractivity contribution in [1.29, 1.82) is 0 Å². The zero-order valence-corrected chi connectivity index (χ0v) is 14.9. The summed E-state index contributed by atoms with van der Waals surface area (Å²) in [7, 11) is 0. The summed E-state index contributed by atoms with van der Waals surface area (Å²) in [5, 5.41) is 19.1. The van der Waals surface area contributed by atoms with Gasteiger partial charge >= 0.3 is 12.2 Å². The van der Waals surface area contributed by atoms with Crippen LogP contribution in [0.5, 0.6) is 11.8 Å². The number of aromatic hydroxyl groups is 1. The second-order valence-corrected chi connectivity index (χ2v) is 5.95. The number of halogens is 4. The van der Waals surface area contributed by atoms with Crippen LogP contribution in [-0.2, 0) is 6.18 Å². The average molecular weight is 412 g/mol. The summed E-state index contributed by atoms with van der Waals surface area (Å²) in [6.45, 7) is -0.235. The smallest absolute Gasteiger partial charge is 0.416 e. The molecule has 146 valence electrons. The van der Waals surface area contributed by atoms with Crippen molar-refractivity contribution in [2.24, 2.45) is 0 Å². The Labute approximate surface area is 162 Å².